The minimum absolute atomic E-state index is 0.00778. The largest absolute Gasteiger partial charge is 0.329 e. The van der Waals surface area contributed by atoms with Gasteiger partial charge >= 0.3 is 0 Å². The predicted octanol–water partition coefficient (Wildman–Crippen LogP) is 2.79. The summed E-state index contributed by atoms with van der Waals surface area (Å²) in [7, 11) is 6.32. The molecule has 0 aliphatic carbocycles. The lowest BCUT2D eigenvalue weighted by Gasteiger charge is -2.27. The molecule has 0 N–H and O–H groups in total. The highest BCUT2D eigenvalue weighted by atomic mass is 35.5. The van der Waals surface area contributed by atoms with E-state index in [0.29, 0.717) is 11.6 Å². The fraction of sp³-hybridized carbons (Fsp3) is 0.312. The SMILES string of the molecule is C=C1C(c2ccc(Cl)cc2)=CC(=O)N1CC[N+](C)(C)C. The van der Waals surface area contributed by atoms with Crippen LogP contribution in [-0.4, -0.2) is 49.5 Å². The Morgan fingerprint density at radius 1 is 1.20 bits per heavy atom. The van der Waals surface area contributed by atoms with Crippen LogP contribution in [0.2, 0.25) is 5.02 Å². The zero-order valence-electron chi connectivity index (χ0n) is 12.2. The third kappa shape index (κ3) is 3.30. The highest BCUT2D eigenvalue weighted by Crippen LogP contribution is 2.31. The summed E-state index contributed by atoms with van der Waals surface area (Å²) >= 11 is 5.89. The van der Waals surface area contributed by atoms with Crippen molar-refractivity contribution in [1.29, 1.82) is 0 Å². The number of hydrogen-bond donors (Lipinski definition) is 0. The van der Waals surface area contributed by atoms with Crippen LogP contribution < -0.4 is 0 Å². The molecule has 0 fully saturated rings. The van der Waals surface area contributed by atoms with Crippen LogP contribution in [0.1, 0.15) is 5.56 Å². The van der Waals surface area contributed by atoms with Gasteiger partial charge in [0.25, 0.3) is 5.91 Å². The van der Waals surface area contributed by atoms with Gasteiger partial charge in [-0.1, -0.05) is 30.3 Å². The molecule has 0 atom stereocenters. The van der Waals surface area contributed by atoms with Gasteiger partial charge in [-0.3, -0.25) is 4.79 Å². The van der Waals surface area contributed by atoms with Crippen molar-refractivity contribution in [3.8, 4) is 0 Å². The maximum Gasteiger partial charge on any atom is 0.251 e. The first kappa shape index (κ1) is 14.8. The Morgan fingerprint density at radius 2 is 1.80 bits per heavy atom. The summed E-state index contributed by atoms with van der Waals surface area (Å²) < 4.78 is 0.813. The fourth-order valence-corrected chi connectivity index (χ4v) is 2.21. The van der Waals surface area contributed by atoms with E-state index in [2.05, 4.69) is 27.7 Å². The van der Waals surface area contributed by atoms with Gasteiger partial charge in [0.2, 0.25) is 0 Å². The van der Waals surface area contributed by atoms with Gasteiger partial charge in [0.1, 0.15) is 0 Å². The number of hydrogen-bond acceptors (Lipinski definition) is 1. The standard InChI is InChI=1S/C16H20ClN2O/c1-12-15(13-5-7-14(17)8-6-13)11-16(20)18(12)9-10-19(2,3)4/h5-8,11H,1,9-10H2,2-4H3/q+1. The van der Waals surface area contributed by atoms with Crippen LogP contribution in [0.15, 0.2) is 42.6 Å². The van der Waals surface area contributed by atoms with Crippen molar-refractivity contribution in [3.05, 3.63) is 53.2 Å². The van der Waals surface area contributed by atoms with Crippen LogP contribution >= 0.6 is 11.6 Å². The summed E-state index contributed by atoms with van der Waals surface area (Å²) in [5.41, 5.74) is 2.62. The Kier molecular flexibility index (Phi) is 4.02. The van der Waals surface area contributed by atoms with Crippen LogP contribution in [0.25, 0.3) is 5.57 Å². The van der Waals surface area contributed by atoms with Crippen molar-refractivity contribution >= 4 is 23.1 Å². The number of amides is 1. The molecule has 20 heavy (non-hydrogen) atoms. The minimum Gasteiger partial charge on any atom is -0.329 e. The van der Waals surface area contributed by atoms with Gasteiger partial charge in [-0.15, -0.1) is 0 Å². The van der Waals surface area contributed by atoms with E-state index < -0.39 is 0 Å². The third-order valence-corrected chi connectivity index (χ3v) is 3.57. The van der Waals surface area contributed by atoms with E-state index >= 15 is 0 Å². The molecule has 0 bridgehead atoms. The molecule has 0 saturated carbocycles. The first-order chi connectivity index (χ1) is 9.28. The molecule has 0 aromatic heterocycles. The predicted molar refractivity (Wildman–Crippen MR) is 83.2 cm³/mol. The Morgan fingerprint density at radius 3 is 2.35 bits per heavy atom. The molecule has 0 spiro atoms. The molecule has 3 nitrogen and oxygen atoms in total. The molecule has 0 unspecified atom stereocenters. The number of halogens is 1. The molecule has 1 aliphatic rings. The number of rotatable bonds is 4. The highest BCUT2D eigenvalue weighted by Gasteiger charge is 2.27. The van der Waals surface area contributed by atoms with Crippen molar-refractivity contribution in [2.75, 3.05) is 34.2 Å². The zero-order valence-corrected chi connectivity index (χ0v) is 12.9. The summed E-state index contributed by atoms with van der Waals surface area (Å²) in [6.07, 6.45) is 1.65. The van der Waals surface area contributed by atoms with Crippen molar-refractivity contribution in [2.24, 2.45) is 0 Å². The first-order valence-electron chi connectivity index (χ1n) is 6.57. The van der Waals surface area contributed by atoms with Gasteiger partial charge in [-0.2, -0.15) is 0 Å². The molecule has 0 radical (unpaired) electrons. The molecule has 1 aromatic rings. The van der Waals surface area contributed by atoms with Gasteiger partial charge < -0.3 is 9.38 Å². The Bertz CT molecular complexity index is 567. The van der Waals surface area contributed by atoms with Crippen LogP contribution in [0.4, 0.5) is 0 Å². The lowest BCUT2D eigenvalue weighted by molar-refractivity contribution is -0.869. The van der Waals surface area contributed by atoms with Crippen LogP contribution in [0.5, 0.6) is 0 Å². The molecular weight excluding hydrogens is 272 g/mol. The van der Waals surface area contributed by atoms with Crippen LogP contribution in [0, 0.1) is 0 Å². The van der Waals surface area contributed by atoms with Gasteiger partial charge in [0.05, 0.1) is 34.2 Å². The number of quaternary nitrogens is 1. The lowest BCUT2D eigenvalue weighted by atomic mass is 10.1. The third-order valence-electron chi connectivity index (χ3n) is 3.32. The molecule has 1 aliphatic heterocycles. The summed E-state index contributed by atoms with van der Waals surface area (Å²) in [5.74, 6) is 0.00778. The molecule has 1 aromatic carbocycles. The number of likely N-dealkylation sites (N-methyl/N-ethyl adjacent to an activating group) is 1. The number of benzene rings is 1. The molecule has 2 rings (SSSR count). The van der Waals surface area contributed by atoms with E-state index in [4.69, 9.17) is 11.6 Å². The number of carbonyl (C=O) groups excluding carboxylic acids is 1. The topological polar surface area (TPSA) is 20.3 Å². The second-order valence-electron chi connectivity index (χ2n) is 6.02. The molecule has 106 valence electrons. The van der Waals surface area contributed by atoms with Crippen molar-refractivity contribution < 1.29 is 9.28 Å². The molecule has 4 heteroatoms. The van der Waals surface area contributed by atoms with Crippen molar-refractivity contribution in [2.45, 2.75) is 0 Å². The quantitative estimate of drug-likeness (QED) is 0.781. The zero-order chi connectivity index (χ0) is 14.9. The van der Waals surface area contributed by atoms with Crippen LogP contribution in [0.3, 0.4) is 0 Å². The minimum atomic E-state index is 0.00778. The fourth-order valence-electron chi connectivity index (χ4n) is 2.09. The van der Waals surface area contributed by atoms with Gasteiger partial charge in [0, 0.05) is 22.4 Å². The average Bonchev–Trinajstić information content (AvgIpc) is 2.63. The van der Waals surface area contributed by atoms with E-state index in [0.717, 1.165) is 27.9 Å². The van der Waals surface area contributed by atoms with E-state index in [1.54, 1.807) is 11.0 Å². The Balaban J connectivity index is 2.15. The molecule has 1 heterocycles. The Hall–Kier alpha value is -1.58. The highest BCUT2D eigenvalue weighted by molar-refractivity contribution is 6.30. The van der Waals surface area contributed by atoms with Crippen molar-refractivity contribution in [1.82, 2.24) is 4.90 Å². The van der Waals surface area contributed by atoms with Crippen LogP contribution in [-0.2, 0) is 4.79 Å². The average molecular weight is 292 g/mol. The first-order valence-corrected chi connectivity index (χ1v) is 6.94. The second kappa shape index (κ2) is 5.43. The normalized spacial score (nSPS) is 15.8. The van der Waals surface area contributed by atoms with Gasteiger partial charge in [-0.05, 0) is 17.7 Å². The summed E-state index contributed by atoms with van der Waals surface area (Å²) in [6.45, 7) is 5.62. The van der Waals surface area contributed by atoms with Gasteiger partial charge in [0.15, 0.2) is 0 Å². The van der Waals surface area contributed by atoms with E-state index in [1.807, 2.05) is 24.3 Å². The lowest BCUT2D eigenvalue weighted by Crippen LogP contribution is -2.42. The Labute approximate surface area is 125 Å². The number of allylic oxidation sites excluding steroid dienone is 1. The number of carbonyl (C=O) groups is 1. The monoisotopic (exact) mass is 291 g/mol. The van der Waals surface area contributed by atoms with Gasteiger partial charge in [-0.25, -0.2) is 0 Å². The smallest absolute Gasteiger partial charge is 0.251 e. The molecule has 0 saturated heterocycles. The van der Waals surface area contributed by atoms with E-state index in [1.165, 1.54) is 0 Å². The van der Waals surface area contributed by atoms with E-state index in [-0.39, 0.29) is 5.91 Å². The second-order valence-corrected chi connectivity index (χ2v) is 6.45. The maximum atomic E-state index is 12.1. The van der Waals surface area contributed by atoms with E-state index in [9.17, 15) is 4.79 Å². The summed E-state index contributed by atoms with van der Waals surface area (Å²) in [5, 5.41) is 0.686. The summed E-state index contributed by atoms with van der Waals surface area (Å²) in [4.78, 5) is 13.9. The van der Waals surface area contributed by atoms with Crippen molar-refractivity contribution in [3.63, 3.8) is 0 Å². The maximum absolute atomic E-state index is 12.1. The number of nitrogens with zero attached hydrogens (tertiary/aromatic N) is 2. The summed E-state index contributed by atoms with van der Waals surface area (Å²) in [6, 6.07) is 7.47. The molecule has 1 amide bonds. The molecular formula is C16H20ClN2O+.